The predicted octanol–water partition coefficient (Wildman–Crippen LogP) is 1.38. The molecule has 1 aliphatic carbocycles. The average molecular weight is 313 g/mol. The molecule has 1 fully saturated rings. The van der Waals surface area contributed by atoms with Gasteiger partial charge in [-0.05, 0) is 30.9 Å². The van der Waals surface area contributed by atoms with E-state index in [-0.39, 0.29) is 5.91 Å². The Morgan fingerprint density at radius 2 is 1.91 bits per heavy atom. The highest BCUT2D eigenvalue weighted by molar-refractivity contribution is 5.85. The normalized spacial score (nSPS) is 21.2. The Hall–Kier alpha value is -2.30. The minimum absolute atomic E-state index is 0.154. The Balaban J connectivity index is 1.57. The summed E-state index contributed by atoms with van der Waals surface area (Å²) in [5, 5.41) is 15.2. The molecule has 1 aliphatic rings. The first kappa shape index (κ1) is 15.6. The molecule has 122 valence electrons. The Bertz CT molecular complexity index is 707. The van der Waals surface area contributed by atoms with Gasteiger partial charge in [-0.1, -0.05) is 31.0 Å². The van der Waals surface area contributed by atoms with Gasteiger partial charge in [-0.3, -0.25) is 4.79 Å². The van der Waals surface area contributed by atoms with Gasteiger partial charge in [0.05, 0.1) is 0 Å². The summed E-state index contributed by atoms with van der Waals surface area (Å²) in [6, 6.07) is 8.04. The van der Waals surface area contributed by atoms with Crippen molar-refractivity contribution in [2.24, 2.45) is 11.8 Å². The van der Waals surface area contributed by atoms with E-state index >= 15 is 0 Å². The summed E-state index contributed by atoms with van der Waals surface area (Å²) in [5.74, 6) is -2.34. The molecule has 1 saturated carbocycles. The molecule has 1 aromatic carbocycles. The number of carboxylic acid groups (broad SMARTS) is 1. The lowest BCUT2D eigenvalue weighted by atomic mass is 9.78. The average Bonchev–Trinajstić information content (AvgIpc) is 2.98. The molecule has 1 amide bonds. The zero-order valence-corrected chi connectivity index (χ0v) is 13.0. The highest BCUT2D eigenvalue weighted by atomic mass is 16.4. The maximum absolute atomic E-state index is 12.3. The molecule has 0 saturated heterocycles. The number of hydrogen-bond acceptors (Lipinski definition) is 3. The molecular weight excluding hydrogens is 292 g/mol. The van der Waals surface area contributed by atoms with E-state index in [9.17, 15) is 14.7 Å². The third-order valence-corrected chi connectivity index (χ3v) is 4.77. The largest absolute Gasteiger partial charge is 0.550 e. The van der Waals surface area contributed by atoms with Crippen LogP contribution in [-0.2, 0) is 16.0 Å². The smallest absolute Gasteiger partial charge is 0.223 e. The van der Waals surface area contributed by atoms with Crippen LogP contribution in [0.4, 0.5) is 0 Å². The van der Waals surface area contributed by atoms with Crippen LogP contribution in [0.1, 0.15) is 31.2 Å². The van der Waals surface area contributed by atoms with E-state index in [4.69, 9.17) is 0 Å². The van der Waals surface area contributed by atoms with Crippen molar-refractivity contribution >= 4 is 22.8 Å². The number of carbonyl (C=O) groups excluding carboxylic acids is 2. The van der Waals surface area contributed by atoms with Crippen LogP contribution < -0.4 is 10.4 Å². The second kappa shape index (κ2) is 6.86. The van der Waals surface area contributed by atoms with Crippen LogP contribution in [0.5, 0.6) is 0 Å². The van der Waals surface area contributed by atoms with Crippen molar-refractivity contribution < 1.29 is 14.7 Å². The molecule has 5 nitrogen and oxygen atoms in total. The Morgan fingerprint density at radius 1 is 1.17 bits per heavy atom. The summed E-state index contributed by atoms with van der Waals surface area (Å²) in [6.07, 6.45) is 5.63. The van der Waals surface area contributed by atoms with Crippen LogP contribution in [-0.4, -0.2) is 23.4 Å². The molecular formula is C18H21N2O3-. The molecule has 0 radical (unpaired) electrons. The number of nitrogens with one attached hydrogen (secondary N) is 2. The quantitative estimate of drug-likeness (QED) is 0.874. The SMILES string of the molecule is O=C([O-])[C@@H]1CCCC[C@H]1C(=O)NCCc1c[nH]c2ccccc12. The highest BCUT2D eigenvalue weighted by Gasteiger charge is 2.31. The molecule has 2 aromatic rings. The number of fused-ring (bicyclic) bond motifs is 1. The fraction of sp³-hybridized carbons (Fsp3) is 0.444. The minimum atomic E-state index is -1.10. The van der Waals surface area contributed by atoms with Crippen molar-refractivity contribution in [1.29, 1.82) is 0 Å². The van der Waals surface area contributed by atoms with E-state index in [2.05, 4.69) is 16.4 Å². The van der Waals surface area contributed by atoms with Crippen molar-refractivity contribution in [3.8, 4) is 0 Å². The molecule has 0 spiro atoms. The summed E-state index contributed by atoms with van der Waals surface area (Å²) in [4.78, 5) is 26.7. The lowest BCUT2D eigenvalue weighted by Crippen LogP contribution is -2.44. The Labute approximate surface area is 135 Å². The van der Waals surface area contributed by atoms with Crippen LogP contribution in [0.2, 0.25) is 0 Å². The van der Waals surface area contributed by atoms with Crippen molar-refractivity contribution in [2.45, 2.75) is 32.1 Å². The fourth-order valence-electron chi connectivity index (χ4n) is 3.52. The number of benzene rings is 1. The van der Waals surface area contributed by atoms with Gasteiger partial charge in [0.15, 0.2) is 0 Å². The van der Waals surface area contributed by atoms with Gasteiger partial charge in [0, 0.05) is 41.4 Å². The van der Waals surface area contributed by atoms with Gasteiger partial charge in [-0.15, -0.1) is 0 Å². The molecule has 3 rings (SSSR count). The Morgan fingerprint density at radius 3 is 2.70 bits per heavy atom. The number of rotatable bonds is 5. The van der Waals surface area contributed by atoms with Crippen LogP contribution >= 0.6 is 0 Å². The van der Waals surface area contributed by atoms with Crippen molar-refractivity contribution in [1.82, 2.24) is 10.3 Å². The van der Waals surface area contributed by atoms with E-state index in [1.165, 1.54) is 0 Å². The number of aromatic nitrogens is 1. The highest BCUT2D eigenvalue weighted by Crippen LogP contribution is 2.29. The molecule has 5 heteroatoms. The maximum atomic E-state index is 12.3. The predicted molar refractivity (Wildman–Crippen MR) is 85.5 cm³/mol. The van der Waals surface area contributed by atoms with Crippen LogP contribution in [0, 0.1) is 11.8 Å². The number of carbonyl (C=O) groups is 2. The van der Waals surface area contributed by atoms with Gasteiger partial charge in [-0.2, -0.15) is 0 Å². The number of hydrogen-bond donors (Lipinski definition) is 2. The first-order chi connectivity index (χ1) is 11.2. The lowest BCUT2D eigenvalue weighted by Gasteiger charge is -2.31. The number of amides is 1. The van der Waals surface area contributed by atoms with E-state index in [1.807, 2.05) is 24.4 Å². The van der Waals surface area contributed by atoms with Crippen LogP contribution in [0.25, 0.3) is 10.9 Å². The monoisotopic (exact) mass is 313 g/mol. The van der Waals surface area contributed by atoms with Crippen molar-refractivity contribution in [2.75, 3.05) is 6.54 Å². The molecule has 0 bridgehead atoms. The van der Waals surface area contributed by atoms with Gasteiger partial charge in [0.25, 0.3) is 0 Å². The zero-order valence-electron chi connectivity index (χ0n) is 13.0. The van der Waals surface area contributed by atoms with Crippen LogP contribution in [0.3, 0.4) is 0 Å². The molecule has 2 N–H and O–H groups in total. The van der Waals surface area contributed by atoms with Crippen molar-refractivity contribution in [3.63, 3.8) is 0 Å². The van der Waals surface area contributed by atoms with E-state index in [0.717, 1.165) is 35.7 Å². The first-order valence-corrected chi connectivity index (χ1v) is 8.20. The molecule has 1 aromatic heterocycles. The number of aromatic amines is 1. The molecule has 2 atom stereocenters. The summed E-state index contributed by atoms with van der Waals surface area (Å²) in [6.45, 7) is 0.511. The molecule has 0 unspecified atom stereocenters. The standard InChI is InChI=1S/C18H22N2O3/c21-17(14-6-1-2-7-15(14)18(22)23)19-10-9-12-11-20-16-8-4-3-5-13(12)16/h3-5,8,11,14-15,20H,1-2,6-7,9-10H2,(H,19,21)(H,22,23)/p-1/t14-,15-/m1/s1. The van der Waals surface area contributed by atoms with Gasteiger partial charge in [0.1, 0.15) is 0 Å². The summed E-state index contributed by atoms with van der Waals surface area (Å²) < 4.78 is 0. The van der Waals surface area contributed by atoms with E-state index in [0.29, 0.717) is 19.4 Å². The molecule has 1 heterocycles. The summed E-state index contributed by atoms with van der Waals surface area (Å²) in [7, 11) is 0. The first-order valence-electron chi connectivity index (χ1n) is 8.20. The number of aliphatic carboxylic acids is 1. The van der Waals surface area contributed by atoms with Crippen molar-refractivity contribution in [3.05, 3.63) is 36.0 Å². The minimum Gasteiger partial charge on any atom is -0.550 e. The number of carboxylic acids is 1. The van der Waals surface area contributed by atoms with Gasteiger partial charge in [0.2, 0.25) is 5.91 Å². The third-order valence-electron chi connectivity index (χ3n) is 4.77. The van der Waals surface area contributed by atoms with Gasteiger partial charge in [-0.25, -0.2) is 0 Å². The number of H-pyrrole nitrogens is 1. The molecule has 23 heavy (non-hydrogen) atoms. The molecule has 0 aliphatic heterocycles. The topological polar surface area (TPSA) is 85.0 Å². The maximum Gasteiger partial charge on any atom is 0.223 e. The van der Waals surface area contributed by atoms with Crippen LogP contribution in [0.15, 0.2) is 30.5 Å². The van der Waals surface area contributed by atoms with E-state index < -0.39 is 17.8 Å². The van der Waals surface area contributed by atoms with Gasteiger partial charge < -0.3 is 20.2 Å². The fourth-order valence-corrected chi connectivity index (χ4v) is 3.52. The lowest BCUT2D eigenvalue weighted by molar-refractivity contribution is -0.314. The Kier molecular flexibility index (Phi) is 4.65. The third kappa shape index (κ3) is 3.38. The zero-order chi connectivity index (χ0) is 16.2. The van der Waals surface area contributed by atoms with E-state index in [1.54, 1.807) is 0 Å². The van der Waals surface area contributed by atoms with Gasteiger partial charge >= 0.3 is 0 Å². The second-order valence-electron chi connectivity index (χ2n) is 6.22. The summed E-state index contributed by atoms with van der Waals surface area (Å²) >= 11 is 0. The summed E-state index contributed by atoms with van der Waals surface area (Å²) in [5.41, 5.74) is 2.24. The second-order valence-corrected chi connectivity index (χ2v) is 6.22. The number of para-hydroxylation sites is 1.